The normalized spacial score (nSPS) is 12.3. The van der Waals surface area contributed by atoms with Crippen molar-refractivity contribution in [1.29, 1.82) is 0 Å². The second-order valence-electron chi connectivity index (χ2n) is 5.15. The first-order chi connectivity index (χ1) is 8.99. The standard InChI is InChI=1S/C16H24BrNO/c1-5-7-8-13(6-2)16(19)18-15-11(3)9-14(17)10-12(15)4/h9-10,13H,5-8H2,1-4H3,(H,18,19). The van der Waals surface area contributed by atoms with Crippen LogP contribution < -0.4 is 5.32 Å². The second kappa shape index (κ2) is 7.68. The Morgan fingerprint density at radius 1 is 1.26 bits per heavy atom. The Kier molecular flexibility index (Phi) is 6.56. The number of halogens is 1. The van der Waals surface area contributed by atoms with Crippen molar-refractivity contribution in [1.82, 2.24) is 0 Å². The van der Waals surface area contributed by atoms with Gasteiger partial charge in [-0.05, 0) is 49.9 Å². The van der Waals surface area contributed by atoms with Crippen molar-refractivity contribution in [3.8, 4) is 0 Å². The van der Waals surface area contributed by atoms with Gasteiger partial charge < -0.3 is 5.32 Å². The highest BCUT2D eigenvalue weighted by molar-refractivity contribution is 9.10. The van der Waals surface area contributed by atoms with Crippen LogP contribution in [-0.2, 0) is 4.79 Å². The summed E-state index contributed by atoms with van der Waals surface area (Å²) in [4.78, 5) is 12.3. The van der Waals surface area contributed by atoms with E-state index < -0.39 is 0 Å². The number of unbranched alkanes of at least 4 members (excludes halogenated alkanes) is 1. The van der Waals surface area contributed by atoms with Crippen LogP contribution in [0.1, 0.15) is 50.7 Å². The highest BCUT2D eigenvalue weighted by Gasteiger charge is 2.17. The molecule has 1 aromatic carbocycles. The minimum atomic E-state index is 0.127. The Hall–Kier alpha value is -0.830. The van der Waals surface area contributed by atoms with E-state index in [1.165, 1.54) is 0 Å². The third kappa shape index (κ3) is 4.64. The number of benzene rings is 1. The fourth-order valence-electron chi connectivity index (χ4n) is 2.30. The van der Waals surface area contributed by atoms with Crippen LogP contribution in [0.15, 0.2) is 16.6 Å². The summed E-state index contributed by atoms with van der Waals surface area (Å²) in [6.07, 6.45) is 4.14. The van der Waals surface area contributed by atoms with Gasteiger partial charge in [0.1, 0.15) is 0 Å². The number of aryl methyl sites for hydroxylation is 2. The van der Waals surface area contributed by atoms with Crippen LogP contribution in [0.5, 0.6) is 0 Å². The van der Waals surface area contributed by atoms with E-state index in [4.69, 9.17) is 0 Å². The molecule has 0 saturated carbocycles. The van der Waals surface area contributed by atoms with Gasteiger partial charge in [-0.2, -0.15) is 0 Å². The topological polar surface area (TPSA) is 29.1 Å². The second-order valence-corrected chi connectivity index (χ2v) is 6.07. The molecule has 0 bridgehead atoms. The summed E-state index contributed by atoms with van der Waals surface area (Å²) in [5.41, 5.74) is 3.17. The third-order valence-electron chi connectivity index (χ3n) is 3.52. The van der Waals surface area contributed by atoms with Gasteiger partial charge in [-0.1, -0.05) is 42.6 Å². The van der Waals surface area contributed by atoms with Crippen LogP contribution in [0.2, 0.25) is 0 Å². The molecule has 0 aromatic heterocycles. The molecule has 1 rings (SSSR count). The van der Waals surface area contributed by atoms with E-state index in [-0.39, 0.29) is 11.8 Å². The molecule has 1 unspecified atom stereocenters. The predicted molar refractivity (Wildman–Crippen MR) is 85.6 cm³/mol. The molecule has 2 nitrogen and oxygen atoms in total. The van der Waals surface area contributed by atoms with Gasteiger partial charge in [-0.15, -0.1) is 0 Å². The van der Waals surface area contributed by atoms with Crippen molar-refractivity contribution in [2.24, 2.45) is 5.92 Å². The van der Waals surface area contributed by atoms with E-state index >= 15 is 0 Å². The lowest BCUT2D eigenvalue weighted by Crippen LogP contribution is -2.23. The summed E-state index contributed by atoms with van der Waals surface area (Å²) < 4.78 is 1.05. The van der Waals surface area contributed by atoms with Crippen LogP contribution in [-0.4, -0.2) is 5.91 Å². The molecule has 0 radical (unpaired) electrons. The lowest BCUT2D eigenvalue weighted by Gasteiger charge is -2.17. The molecule has 1 N–H and O–H groups in total. The third-order valence-corrected chi connectivity index (χ3v) is 3.97. The van der Waals surface area contributed by atoms with Gasteiger partial charge in [0.2, 0.25) is 5.91 Å². The maximum atomic E-state index is 12.3. The molecule has 0 fully saturated rings. The number of carbonyl (C=O) groups excluding carboxylic acids is 1. The molecule has 1 aromatic rings. The van der Waals surface area contributed by atoms with Crippen LogP contribution >= 0.6 is 15.9 Å². The Morgan fingerprint density at radius 2 is 1.84 bits per heavy atom. The van der Waals surface area contributed by atoms with Crippen molar-refractivity contribution >= 4 is 27.5 Å². The van der Waals surface area contributed by atoms with E-state index in [0.29, 0.717) is 0 Å². The van der Waals surface area contributed by atoms with E-state index in [9.17, 15) is 4.79 Å². The molecule has 1 amide bonds. The molecular formula is C16H24BrNO. The highest BCUT2D eigenvalue weighted by atomic mass is 79.9. The fraction of sp³-hybridized carbons (Fsp3) is 0.562. The zero-order chi connectivity index (χ0) is 14.4. The van der Waals surface area contributed by atoms with Crippen molar-refractivity contribution in [2.75, 3.05) is 5.32 Å². The molecule has 19 heavy (non-hydrogen) atoms. The fourth-order valence-corrected chi connectivity index (χ4v) is 2.99. The summed E-state index contributed by atoms with van der Waals surface area (Å²) >= 11 is 3.48. The monoisotopic (exact) mass is 325 g/mol. The lowest BCUT2D eigenvalue weighted by molar-refractivity contribution is -0.120. The molecule has 0 saturated heterocycles. The average Bonchev–Trinajstić information content (AvgIpc) is 2.34. The molecule has 0 aliphatic heterocycles. The average molecular weight is 326 g/mol. The van der Waals surface area contributed by atoms with Crippen LogP contribution in [0.4, 0.5) is 5.69 Å². The Labute approximate surface area is 125 Å². The summed E-state index contributed by atoms with van der Waals surface area (Å²) in [6.45, 7) is 8.30. The van der Waals surface area contributed by atoms with Crippen molar-refractivity contribution < 1.29 is 4.79 Å². The van der Waals surface area contributed by atoms with Gasteiger partial charge in [0, 0.05) is 16.1 Å². The number of hydrogen-bond acceptors (Lipinski definition) is 1. The molecule has 0 aliphatic rings. The van der Waals surface area contributed by atoms with Gasteiger partial charge in [0.05, 0.1) is 0 Å². The van der Waals surface area contributed by atoms with Gasteiger partial charge >= 0.3 is 0 Å². The van der Waals surface area contributed by atoms with Gasteiger partial charge in [-0.25, -0.2) is 0 Å². The Balaban J connectivity index is 2.81. The van der Waals surface area contributed by atoms with Crippen LogP contribution in [0.3, 0.4) is 0 Å². The molecule has 0 aliphatic carbocycles. The van der Waals surface area contributed by atoms with E-state index in [1.54, 1.807) is 0 Å². The van der Waals surface area contributed by atoms with Gasteiger partial charge in [0.25, 0.3) is 0 Å². The first kappa shape index (κ1) is 16.2. The van der Waals surface area contributed by atoms with E-state index in [2.05, 4.69) is 35.1 Å². The quantitative estimate of drug-likeness (QED) is 0.763. The summed E-state index contributed by atoms with van der Waals surface area (Å²) in [5.74, 6) is 0.284. The molecule has 106 valence electrons. The number of amides is 1. The lowest BCUT2D eigenvalue weighted by atomic mass is 9.98. The Morgan fingerprint density at radius 3 is 2.32 bits per heavy atom. The first-order valence-electron chi connectivity index (χ1n) is 7.07. The summed E-state index contributed by atoms with van der Waals surface area (Å²) in [6, 6.07) is 4.07. The largest absolute Gasteiger partial charge is 0.325 e. The SMILES string of the molecule is CCCCC(CC)C(=O)Nc1c(C)cc(Br)cc1C. The molecule has 1 atom stereocenters. The zero-order valence-corrected chi connectivity index (χ0v) is 13.9. The summed E-state index contributed by atoms with van der Waals surface area (Å²) in [7, 11) is 0. The zero-order valence-electron chi connectivity index (χ0n) is 12.3. The van der Waals surface area contributed by atoms with E-state index in [1.807, 2.05) is 26.0 Å². The number of rotatable bonds is 6. The van der Waals surface area contributed by atoms with Gasteiger partial charge in [0.15, 0.2) is 0 Å². The summed E-state index contributed by atoms with van der Waals surface area (Å²) in [5, 5.41) is 3.11. The van der Waals surface area contributed by atoms with Crippen molar-refractivity contribution in [3.05, 3.63) is 27.7 Å². The number of anilines is 1. The Bertz CT molecular complexity index is 419. The molecule has 0 spiro atoms. The number of nitrogens with one attached hydrogen (secondary N) is 1. The van der Waals surface area contributed by atoms with E-state index in [0.717, 1.165) is 47.0 Å². The van der Waals surface area contributed by atoms with Crippen molar-refractivity contribution in [3.63, 3.8) is 0 Å². The van der Waals surface area contributed by atoms with Crippen LogP contribution in [0.25, 0.3) is 0 Å². The number of hydrogen-bond donors (Lipinski definition) is 1. The predicted octanol–water partition coefficient (Wildman–Crippen LogP) is 5.22. The molecular weight excluding hydrogens is 302 g/mol. The first-order valence-corrected chi connectivity index (χ1v) is 7.86. The van der Waals surface area contributed by atoms with Crippen molar-refractivity contribution in [2.45, 2.75) is 53.4 Å². The van der Waals surface area contributed by atoms with Crippen LogP contribution in [0, 0.1) is 19.8 Å². The molecule has 0 heterocycles. The minimum absolute atomic E-state index is 0.127. The smallest absolute Gasteiger partial charge is 0.227 e. The number of carbonyl (C=O) groups is 1. The highest BCUT2D eigenvalue weighted by Crippen LogP contribution is 2.26. The maximum absolute atomic E-state index is 12.3. The van der Waals surface area contributed by atoms with Gasteiger partial charge in [-0.3, -0.25) is 4.79 Å². The minimum Gasteiger partial charge on any atom is -0.325 e. The molecule has 3 heteroatoms. The maximum Gasteiger partial charge on any atom is 0.227 e.